The number of allylic oxidation sites excluding steroid dienone is 2. The average Bonchev–Trinajstić information content (AvgIpc) is 3.04. The maximum atomic E-state index is 13.1. The van der Waals surface area contributed by atoms with E-state index in [0.717, 1.165) is 31.6 Å². The molecule has 0 spiro atoms. The van der Waals surface area contributed by atoms with E-state index in [1.54, 1.807) is 0 Å². The highest BCUT2D eigenvalue weighted by Crippen LogP contribution is 2.72. The van der Waals surface area contributed by atoms with Gasteiger partial charge in [-0.05, 0) is 90.8 Å². The number of rotatable bonds is 6. The Morgan fingerprint density at radius 3 is 2.41 bits per heavy atom. The fraction of sp³-hybridized carbons (Fsp3) is 0.900. The van der Waals surface area contributed by atoms with Crippen LogP contribution in [0.1, 0.15) is 113 Å². The lowest BCUT2D eigenvalue weighted by molar-refractivity contribution is -0.141. The van der Waals surface area contributed by atoms with Crippen LogP contribution in [0.3, 0.4) is 0 Å². The number of carbonyl (C=O) groups is 1. The Hall–Kier alpha value is -0.630. The fourth-order valence-corrected chi connectivity index (χ4v) is 9.65. The molecule has 4 aliphatic rings. The Kier molecular flexibility index (Phi) is 6.31. The minimum atomic E-state index is -0.249. The molecule has 0 aliphatic heterocycles. The number of fused-ring (bicyclic) bond motifs is 5. The van der Waals surface area contributed by atoms with Crippen LogP contribution in [0.4, 0.5) is 0 Å². The van der Waals surface area contributed by atoms with E-state index >= 15 is 0 Å². The van der Waals surface area contributed by atoms with Crippen LogP contribution in [0.15, 0.2) is 11.6 Å². The highest BCUT2D eigenvalue weighted by molar-refractivity contribution is 5.69. The second-order valence-electron chi connectivity index (χ2n) is 13.9. The van der Waals surface area contributed by atoms with Crippen LogP contribution >= 0.6 is 0 Å². The van der Waals surface area contributed by atoms with Crippen LogP contribution in [0.2, 0.25) is 0 Å². The van der Waals surface area contributed by atoms with Gasteiger partial charge in [0.15, 0.2) is 0 Å². The van der Waals surface area contributed by atoms with Gasteiger partial charge in [-0.2, -0.15) is 0 Å². The van der Waals surface area contributed by atoms with Gasteiger partial charge in [0.1, 0.15) is 6.29 Å². The van der Waals surface area contributed by atoms with Crippen LogP contribution < -0.4 is 0 Å². The summed E-state index contributed by atoms with van der Waals surface area (Å²) in [6, 6.07) is 0. The molecule has 0 bridgehead atoms. The lowest BCUT2D eigenvalue weighted by atomic mass is 9.41. The Labute approximate surface area is 198 Å². The van der Waals surface area contributed by atoms with Gasteiger partial charge in [-0.3, -0.25) is 0 Å². The maximum absolute atomic E-state index is 13.1. The average molecular weight is 443 g/mol. The first-order valence-corrected chi connectivity index (χ1v) is 13.8. The van der Waals surface area contributed by atoms with Gasteiger partial charge >= 0.3 is 0 Å². The molecule has 4 rings (SSSR count). The molecule has 0 heterocycles. The SMILES string of the molecule is CC(C)CCCC(C)C1CCC2(C=O)C3=CCC4C(C)(C)C(O)CCC4(C)C3CCC12C. The van der Waals surface area contributed by atoms with E-state index in [1.807, 2.05) is 0 Å². The number of aliphatic hydroxyl groups excluding tert-OH is 1. The summed E-state index contributed by atoms with van der Waals surface area (Å²) in [6.07, 6.45) is 15.4. The Bertz CT molecular complexity index is 750. The molecule has 182 valence electrons. The molecule has 8 atom stereocenters. The number of carbonyl (C=O) groups excluding carboxylic acids is 1. The predicted octanol–water partition coefficient (Wildman–Crippen LogP) is 7.59. The summed E-state index contributed by atoms with van der Waals surface area (Å²) in [6.45, 7) is 16.7. The number of hydrogen-bond acceptors (Lipinski definition) is 2. The molecule has 3 fully saturated rings. The summed E-state index contributed by atoms with van der Waals surface area (Å²) in [4.78, 5) is 13.1. The maximum Gasteiger partial charge on any atom is 0.130 e. The molecule has 3 saturated carbocycles. The van der Waals surface area contributed by atoms with Crippen molar-refractivity contribution in [2.75, 3.05) is 0 Å². The van der Waals surface area contributed by atoms with Crippen molar-refractivity contribution in [1.29, 1.82) is 0 Å². The van der Waals surface area contributed by atoms with Gasteiger partial charge in [0.25, 0.3) is 0 Å². The second kappa shape index (κ2) is 8.24. The molecule has 2 nitrogen and oxygen atoms in total. The number of hydrogen-bond donors (Lipinski definition) is 1. The monoisotopic (exact) mass is 442 g/mol. The van der Waals surface area contributed by atoms with Gasteiger partial charge in [-0.15, -0.1) is 0 Å². The molecule has 0 radical (unpaired) electrons. The van der Waals surface area contributed by atoms with Gasteiger partial charge in [0, 0.05) is 0 Å². The number of aliphatic hydroxyl groups is 1. The molecule has 4 aliphatic carbocycles. The van der Waals surface area contributed by atoms with Crippen molar-refractivity contribution in [3.8, 4) is 0 Å². The topological polar surface area (TPSA) is 37.3 Å². The highest BCUT2D eigenvalue weighted by atomic mass is 16.3. The van der Waals surface area contributed by atoms with Crippen molar-refractivity contribution in [3.05, 3.63) is 11.6 Å². The van der Waals surface area contributed by atoms with Crippen LogP contribution in [-0.4, -0.2) is 17.5 Å². The molecule has 0 aromatic carbocycles. The van der Waals surface area contributed by atoms with Crippen molar-refractivity contribution in [2.45, 2.75) is 119 Å². The van der Waals surface area contributed by atoms with E-state index in [9.17, 15) is 9.90 Å². The van der Waals surface area contributed by atoms with Gasteiger partial charge in [0.05, 0.1) is 11.5 Å². The van der Waals surface area contributed by atoms with E-state index < -0.39 is 0 Å². The van der Waals surface area contributed by atoms with E-state index in [1.165, 1.54) is 50.4 Å². The Morgan fingerprint density at radius 2 is 1.75 bits per heavy atom. The molecule has 0 saturated heterocycles. The minimum Gasteiger partial charge on any atom is -0.393 e. The fourth-order valence-electron chi connectivity index (χ4n) is 9.65. The van der Waals surface area contributed by atoms with E-state index in [2.05, 4.69) is 54.5 Å². The van der Waals surface area contributed by atoms with Crippen molar-refractivity contribution < 1.29 is 9.90 Å². The van der Waals surface area contributed by atoms with E-state index in [-0.39, 0.29) is 27.8 Å². The summed E-state index contributed by atoms with van der Waals surface area (Å²) in [5, 5.41) is 10.8. The first-order chi connectivity index (χ1) is 14.9. The van der Waals surface area contributed by atoms with Crippen molar-refractivity contribution >= 4 is 6.29 Å². The van der Waals surface area contributed by atoms with Gasteiger partial charge < -0.3 is 9.90 Å². The first kappa shape index (κ1) is 24.5. The minimum absolute atomic E-state index is 0.0484. The smallest absolute Gasteiger partial charge is 0.130 e. The third-order valence-corrected chi connectivity index (χ3v) is 11.7. The van der Waals surface area contributed by atoms with Gasteiger partial charge in [-0.25, -0.2) is 0 Å². The summed E-state index contributed by atoms with van der Waals surface area (Å²) < 4.78 is 0. The third-order valence-electron chi connectivity index (χ3n) is 11.7. The zero-order chi connectivity index (χ0) is 23.5. The molecule has 0 aromatic rings. The largest absolute Gasteiger partial charge is 0.393 e. The summed E-state index contributed by atoms with van der Waals surface area (Å²) in [5.74, 6) is 3.17. The van der Waals surface area contributed by atoms with E-state index in [4.69, 9.17) is 0 Å². The van der Waals surface area contributed by atoms with Gasteiger partial charge in [0.2, 0.25) is 0 Å². The molecule has 32 heavy (non-hydrogen) atoms. The third kappa shape index (κ3) is 3.32. The van der Waals surface area contributed by atoms with Crippen LogP contribution in [0, 0.1) is 51.2 Å². The van der Waals surface area contributed by atoms with Crippen LogP contribution in [0.5, 0.6) is 0 Å². The molecule has 8 unspecified atom stereocenters. The standard InChI is InChI=1S/C30H50O2/c1-20(2)9-8-10-21(3)22-14-18-30(19-31)24-11-12-25-27(4,5)26(32)15-16-28(25,6)23(24)13-17-29(22,30)7/h11,19-23,25-26,32H,8-10,12-18H2,1-7H3. The second-order valence-corrected chi connectivity index (χ2v) is 13.9. The Morgan fingerprint density at radius 1 is 1.03 bits per heavy atom. The van der Waals surface area contributed by atoms with Crippen molar-refractivity contribution in [3.63, 3.8) is 0 Å². The lowest BCUT2D eigenvalue weighted by Gasteiger charge is -2.63. The molecule has 0 aromatic heterocycles. The van der Waals surface area contributed by atoms with Gasteiger partial charge in [-0.1, -0.05) is 79.4 Å². The lowest BCUT2D eigenvalue weighted by Crippen LogP contribution is -2.58. The molecule has 1 N–H and O–H groups in total. The van der Waals surface area contributed by atoms with Crippen molar-refractivity contribution in [2.24, 2.45) is 51.2 Å². The zero-order valence-corrected chi connectivity index (χ0v) is 22.0. The van der Waals surface area contributed by atoms with E-state index in [0.29, 0.717) is 23.7 Å². The van der Waals surface area contributed by atoms with Crippen LogP contribution in [-0.2, 0) is 4.79 Å². The highest BCUT2D eigenvalue weighted by Gasteiger charge is 2.67. The molecule has 2 heteroatoms. The first-order valence-electron chi connectivity index (χ1n) is 13.8. The summed E-state index contributed by atoms with van der Waals surface area (Å²) in [7, 11) is 0. The van der Waals surface area contributed by atoms with Crippen LogP contribution in [0.25, 0.3) is 0 Å². The molecular formula is C30H50O2. The normalized spacial score (nSPS) is 46.1. The van der Waals surface area contributed by atoms with Crippen molar-refractivity contribution in [1.82, 2.24) is 0 Å². The summed E-state index contributed by atoms with van der Waals surface area (Å²) in [5.41, 5.74) is 1.55. The zero-order valence-electron chi connectivity index (χ0n) is 22.0. The quantitative estimate of drug-likeness (QED) is 0.340. The molecule has 0 amide bonds. The molecular weight excluding hydrogens is 392 g/mol. The Balaban J connectivity index is 1.65. The predicted molar refractivity (Wildman–Crippen MR) is 133 cm³/mol. The summed E-state index contributed by atoms with van der Waals surface area (Å²) >= 11 is 0. The number of aldehydes is 1.